The molecule has 0 bridgehead atoms. The first-order chi connectivity index (χ1) is 16.4. The van der Waals surface area contributed by atoms with Gasteiger partial charge >= 0.3 is 0 Å². The average Bonchev–Trinajstić information content (AvgIpc) is 2.84. The Morgan fingerprint density at radius 1 is 1.06 bits per heavy atom. The van der Waals surface area contributed by atoms with Gasteiger partial charge in [-0.2, -0.15) is 0 Å². The number of anilines is 3. The summed E-state index contributed by atoms with van der Waals surface area (Å²) in [7, 11) is 0. The molecule has 34 heavy (non-hydrogen) atoms. The van der Waals surface area contributed by atoms with Gasteiger partial charge in [0, 0.05) is 38.3 Å². The second kappa shape index (κ2) is 11.0. The Labute approximate surface area is 208 Å². The summed E-state index contributed by atoms with van der Waals surface area (Å²) in [6.45, 7) is 4.01. The predicted molar refractivity (Wildman–Crippen MR) is 137 cm³/mol. The first kappa shape index (κ1) is 24.2. The van der Waals surface area contributed by atoms with Crippen LogP contribution in [0.15, 0.2) is 36.4 Å². The summed E-state index contributed by atoms with van der Waals surface area (Å²) in [5.41, 5.74) is 2.17. The molecule has 180 valence electrons. The van der Waals surface area contributed by atoms with E-state index in [0.717, 1.165) is 31.6 Å². The number of thiocarbonyl (C=S) groups is 1. The largest absolute Gasteiger partial charge is 0.378 e. The number of hydrogen-bond donors (Lipinski definition) is 2. The van der Waals surface area contributed by atoms with E-state index in [0.29, 0.717) is 42.7 Å². The number of para-hydroxylation sites is 1. The number of hydrogen-bond acceptors (Lipinski definition) is 7. The molecule has 0 spiro atoms. The van der Waals surface area contributed by atoms with E-state index in [1.165, 1.54) is 18.6 Å². The van der Waals surface area contributed by atoms with Crippen molar-refractivity contribution in [1.29, 1.82) is 0 Å². The Balaban J connectivity index is 1.54. The monoisotopic (exact) mass is 503 g/mol. The molecule has 2 N–H and O–H groups in total. The molecule has 0 atom stereocenters. The number of amides is 1. The van der Waals surface area contributed by atoms with Gasteiger partial charge in [0.2, 0.25) is 0 Å². The van der Waals surface area contributed by atoms with Gasteiger partial charge in [-0.05, 0) is 49.7 Å². The molecule has 2 aliphatic heterocycles. The summed E-state index contributed by atoms with van der Waals surface area (Å²) in [5, 5.41) is 17.8. The van der Waals surface area contributed by atoms with Gasteiger partial charge in [-0.25, -0.2) is 0 Å². The van der Waals surface area contributed by atoms with E-state index in [9.17, 15) is 14.9 Å². The van der Waals surface area contributed by atoms with Crippen LogP contribution < -0.4 is 20.4 Å². The number of nitrogens with one attached hydrogen (secondary N) is 2. The third-order valence-electron chi connectivity index (χ3n) is 5.92. The van der Waals surface area contributed by atoms with Gasteiger partial charge in [-0.3, -0.25) is 20.2 Å². The minimum absolute atomic E-state index is 0.0879. The Hall–Kier alpha value is -2.95. The van der Waals surface area contributed by atoms with Crippen LogP contribution in [0.25, 0.3) is 0 Å². The first-order valence-corrected chi connectivity index (χ1v) is 12.0. The van der Waals surface area contributed by atoms with Gasteiger partial charge in [-0.15, -0.1) is 0 Å². The standard InChI is InChI=1S/C23H26ClN5O4S/c24-18-5-4-6-19(21(18)28-9-2-1-3-10-28)25-23(34)26-22(30)17-15-16(29(31)32)7-8-20(17)27-11-13-33-14-12-27/h4-8,15H,1-3,9-14H2,(H2,25,26,30,34). The highest BCUT2D eigenvalue weighted by Crippen LogP contribution is 2.35. The number of nitro benzene ring substituents is 1. The van der Waals surface area contributed by atoms with Crippen LogP contribution in [0.4, 0.5) is 22.7 Å². The number of carbonyl (C=O) groups is 1. The second-order valence-corrected chi connectivity index (χ2v) is 8.97. The van der Waals surface area contributed by atoms with Crippen LogP contribution in [0, 0.1) is 10.1 Å². The third kappa shape index (κ3) is 5.57. The van der Waals surface area contributed by atoms with Crippen molar-refractivity contribution in [3.63, 3.8) is 0 Å². The lowest BCUT2D eigenvalue weighted by Gasteiger charge is -2.31. The molecule has 2 aliphatic rings. The molecule has 11 heteroatoms. The number of nitrogens with zero attached hydrogens (tertiary/aromatic N) is 3. The molecule has 2 heterocycles. The Morgan fingerprint density at radius 3 is 2.50 bits per heavy atom. The normalized spacial score (nSPS) is 16.1. The van der Waals surface area contributed by atoms with E-state index in [1.54, 1.807) is 6.07 Å². The van der Waals surface area contributed by atoms with E-state index in [4.69, 9.17) is 28.6 Å². The van der Waals surface area contributed by atoms with Crippen molar-refractivity contribution in [2.24, 2.45) is 0 Å². The molecular formula is C23H26ClN5O4S. The number of morpholine rings is 1. The van der Waals surface area contributed by atoms with E-state index in [1.807, 2.05) is 23.1 Å². The topological polar surface area (TPSA) is 100.0 Å². The maximum absolute atomic E-state index is 13.2. The number of rotatable bonds is 5. The zero-order chi connectivity index (χ0) is 24.1. The van der Waals surface area contributed by atoms with Crippen LogP contribution >= 0.6 is 23.8 Å². The molecule has 9 nitrogen and oxygen atoms in total. The summed E-state index contributed by atoms with van der Waals surface area (Å²) in [6, 6.07) is 9.78. The maximum atomic E-state index is 13.2. The number of piperidine rings is 1. The van der Waals surface area contributed by atoms with Crippen molar-refractivity contribution < 1.29 is 14.5 Å². The summed E-state index contributed by atoms with van der Waals surface area (Å²) in [6.07, 6.45) is 3.36. The molecule has 0 saturated carbocycles. The second-order valence-electron chi connectivity index (χ2n) is 8.15. The van der Waals surface area contributed by atoms with Crippen LogP contribution in [0.5, 0.6) is 0 Å². The van der Waals surface area contributed by atoms with Crippen LogP contribution in [0.3, 0.4) is 0 Å². The Morgan fingerprint density at radius 2 is 1.79 bits per heavy atom. The molecule has 2 saturated heterocycles. The Bertz CT molecular complexity index is 1090. The molecule has 2 aromatic carbocycles. The zero-order valence-corrected chi connectivity index (χ0v) is 20.2. The SMILES string of the molecule is O=C(NC(=S)Nc1cccc(Cl)c1N1CCCCC1)c1cc([N+](=O)[O-])ccc1N1CCOCC1. The van der Waals surface area contributed by atoms with Crippen molar-refractivity contribution in [3.8, 4) is 0 Å². The lowest BCUT2D eigenvalue weighted by Crippen LogP contribution is -2.39. The van der Waals surface area contributed by atoms with Gasteiger partial charge in [0.05, 0.1) is 45.8 Å². The lowest BCUT2D eigenvalue weighted by atomic mass is 10.1. The van der Waals surface area contributed by atoms with Gasteiger partial charge < -0.3 is 19.9 Å². The minimum atomic E-state index is -0.524. The highest BCUT2D eigenvalue weighted by atomic mass is 35.5. The van der Waals surface area contributed by atoms with E-state index >= 15 is 0 Å². The highest BCUT2D eigenvalue weighted by molar-refractivity contribution is 7.80. The highest BCUT2D eigenvalue weighted by Gasteiger charge is 2.23. The number of nitro groups is 1. The molecule has 1 amide bonds. The first-order valence-electron chi connectivity index (χ1n) is 11.2. The van der Waals surface area contributed by atoms with E-state index in [-0.39, 0.29) is 16.4 Å². The number of carbonyl (C=O) groups excluding carboxylic acids is 1. The number of ether oxygens (including phenoxy) is 1. The van der Waals surface area contributed by atoms with Crippen molar-refractivity contribution in [2.75, 3.05) is 54.5 Å². The molecule has 2 aromatic rings. The van der Waals surface area contributed by atoms with Crippen molar-refractivity contribution in [2.45, 2.75) is 19.3 Å². The van der Waals surface area contributed by atoms with Crippen LogP contribution in [-0.2, 0) is 4.74 Å². The minimum Gasteiger partial charge on any atom is -0.378 e. The van der Waals surface area contributed by atoms with Crippen molar-refractivity contribution >= 4 is 57.6 Å². The fourth-order valence-corrected chi connectivity index (χ4v) is 4.78. The summed E-state index contributed by atoms with van der Waals surface area (Å²) >= 11 is 11.9. The van der Waals surface area contributed by atoms with Crippen LogP contribution in [0.1, 0.15) is 29.6 Å². The van der Waals surface area contributed by atoms with E-state index < -0.39 is 10.8 Å². The van der Waals surface area contributed by atoms with Gasteiger partial charge in [0.25, 0.3) is 11.6 Å². The average molecular weight is 504 g/mol. The van der Waals surface area contributed by atoms with Gasteiger partial charge in [0.15, 0.2) is 5.11 Å². The summed E-state index contributed by atoms with van der Waals surface area (Å²) in [5.74, 6) is -0.524. The smallest absolute Gasteiger partial charge is 0.270 e. The van der Waals surface area contributed by atoms with Crippen molar-refractivity contribution in [3.05, 3.63) is 57.1 Å². The molecule has 2 fully saturated rings. The maximum Gasteiger partial charge on any atom is 0.270 e. The van der Waals surface area contributed by atoms with E-state index in [2.05, 4.69) is 15.5 Å². The number of non-ortho nitro benzene ring substituents is 1. The third-order valence-corrected chi connectivity index (χ3v) is 6.43. The summed E-state index contributed by atoms with van der Waals surface area (Å²) < 4.78 is 5.39. The molecule has 4 rings (SSSR count). The molecule has 0 aromatic heterocycles. The van der Waals surface area contributed by atoms with Crippen LogP contribution in [-0.4, -0.2) is 55.3 Å². The molecule has 0 unspecified atom stereocenters. The summed E-state index contributed by atoms with van der Waals surface area (Å²) in [4.78, 5) is 28.2. The number of benzene rings is 2. The van der Waals surface area contributed by atoms with Crippen LogP contribution in [0.2, 0.25) is 5.02 Å². The quantitative estimate of drug-likeness (QED) is 0.356. The Kier molecular flexibility index (Phi) is 7.81. The number of halogens is 1. The fraction of sp³-hybridized carbons (Fsp3) is 0.391. The van der Waals surface area contributed by atoms with Gasteiger partial charge in [0.1, 0.15) is 0 Å². The molecule has 0 aliphatic carbocycles. The predicted octanol–water partition coefficient (Wildman–Crippen LogP) is 4.20. The lowest BCUT2D eigenvalue weighted by molar-refractivity contribution is -0.384. The molecule has 0 radical (unpaired) electrons. The van der Waals surface area contributed by atoms with Crippen molar-refractivity contribution in [1.82, 2.24) is 5.32 Å². The fourth-order valence-electron chi connectivity index (χ4n) is 4.28. The molecular weight excluding hydrogens is 478 g/mol. The zero-order valence-electron chi connectivity index (χ0n) is 18.6. The van der Waals surface area contributed by atoms with Gasteiger partial charge in [-0.1, -0.05) is 17.7 Å².